The van der Waals surface area contributed by atoms with Crippen LogP contribution in [-0.2, 0) is 11.3 Å². The van der Waals surface area contributed by atoms with E-state index in [1.807, 2.05) is 29.2 Å². The van der Waals surface area contributed by atoms with Crippen molar-refractivity contribution in [2.45, 2.75) is 6.54 Å². The maximum atomic E-state index is 14.1. The fraction of sp³-hybridized carbons (Fsp3) is 0.391. The number of anilines is 2. The molecule has 0 unspecified atom stereocenters. The molecule has 2 aromatic carbocycles. The van der Waals surface area contributed by atoms with Crippen molar-refractivity contribution in [1.82, 2.24) is 15.5 Å². The van der Waals surface area contributed by atoms with Crippen molar-refractivity contribution in [3.05, 3.63) is 59.7 Å². The molecule has 0 atom stereocenters. The van der Waals surface area contributed by atoms with Gasteiger partial charge < -0.3 is 25.3 Å². The zero-order valence-electron chi connectivity index (χ0n) is 18.2. The summed E-state index contributed by atoms with van der Waals surface area (Å²) in [4.78, 5) is 22.0. The summed E-state index contributed by atoms with van der Waals surface area (Å²) in [5.74, 6) is -0.0148. The van der Waals surface area contributed by atoms with Gasteiger partial charge in [0.1, 0.15) is 11.6 Å². The van der Waals surface area contributed by atoms with Gasteiger partial charge in [0, 0.05) is 64.6 Å². The van der Waals surface area contributed by atoms with Crippen molar-refractivity contribution < 1.29 is 13.6 Å². The van der Waals surface area contributed by atoms with E-state index in [-0.39, 0.29) is 5.91 Å². The molecule has 0 aliphatic carbocycles. The number of hydrogen-bond donors (Lipinski definition) is 2. The van der Waals surface area contributed by atoms with Gasteiger partial charge in [-0.2, -0.15) is 0 Å². The van der Waals surface area contributed by atoms with Gasteiger partial charge in [-0.25, -0.2) is 8.78 Å². The summed E-state index contributed by atoms with van der Waals surface area (Å²) in [6, 6.07) is 11.7. The zero-order chi connectivity index (χ0) is 22.5. The van der Waals surface area contributed by atoms with Gasteiger partial charge >= 0.3 is 0 Å². The lowest BCUT2D eigenvalue weighted by atomic mass is 10.2. The van der Waals surface area contributed by atoms with Crippen LogP contribution >= 0.6 is 0 Å². The average molecular weight is 443 g/mol. The maximum Gasteiger partial charge on any atom is 0.239 e. The molecule has 2 saturated heterocycles. The summed E-state index contributed by atoms with van der Waals surface area (Å²) in [5, 5.41) is 6.22. The Kier molecular flexibility index (Phi) is 6.72. The first-order chi connectivity index (χ1) is 15.5. The Hall–Kier alpha value is -3.36. The molecule has 0 radical (unpaired) electrons. The number of carbonyl (C=O) groups is 1. The van der Waals surface area contributed by atoms with Crippen molar-refractivity contribution in [2.24, 2.45) is 4.99 Å². The maximum absolute atomic E-state index is 14.1. The van der Waals surface area contributed by atoms with Crippen molar-refractivity contribution in [3.8, 4) is 0 Å². The van der Waals surface area contributed by atoms with Gasteiger partial charge in [-0.05, 0) is 29.8 Å². The van der Waals surface area contributed by atoms with E-state index in [1.54, 1.807) is 7.05 Å². The van der Waals surface area contributed by atoms with Crippen molar-refractivity contribution in [1.29, 1.82) is 0 Å². The van der Waals surface area contributed by atoms with Crippen molar-refractivity contribution in [3.63, 3.8) is 0 Å². The smallest absolute Gasteiger partial charge is 0.239 e. The lowest BCUT2D eigenvalue weighted by Crippen LogP contribution is -2.52. The molecule has 170 valence electrons. The second kappa shape index (κ2) is 9.84. The van der Waals surface area contributed by atoms with Gasteiger partial charge in [0.25, 0.3) is 0 Å². The van der Waals surface area contributed by atoms with Crippen molar-refractivity contribution in [2.75, 3.05) is 62.7 Å². The van der Waals surface area contributed by atoms with Crippen LogP contribution < -0.4 is 20.4 Å². The number of piperazine rings is 2. The number of halogens is 2. The van der Waals surface area contributed by atoms with E-state index in [0.717, 1.165) is 29.8 Å². The fourth-order valence-electron chi connectivity index (χ4n) is 4.08. The van der Waals surface area contributed by atoms with Crippen LogP contribution in [0, 0.1) is 11.6 Å². The normalized spacial score (nSPS) is 17.4. The van der Waals surface area contributed by atoms with Gasteiger partial charge in [0.2, 0.25) is 5.91 Å². The van der Waals surface area contributed by atoms with E-state index in [4.69, 9.17) is 0 Å². The largest absolute Gasteiger partial charge is 0.366 e. The molecule has 9 heteroatoms. The van der Waals surface area contributed by atoms with E-state index in [1.165, 1.54) is 12.1 Å². The molecular weight excluding hydrogens is 414 g/mol. The summed E-state index contributed by atoms with van der Waals surface area (Å²) in [7, 11) is 1.74. The molecule has 32 heavy (non-hydrogen) atoms. The third kappa shape index (κ3) is 5.09. The third-order valence-corrected chi connectivity index (χ3v) is 5.83. The molecule has 2 aliphatic rings. The van der Waals surface area contributed by atoms with Crippen LogP contribution in [0.15, 0.2) is 47.5 Å². The Labute approximate surface area is 186 Å². The highest BCUT2D eigenvalue weighted by atomic mass is 19.1. The van der Waals surface area contributed by atoms with Crippen LogP contribution in [0.4, 0.5) is 20.2 Å². The first kappa shape index (κ1) is 21.9. The molecule has 0 saturated carbocycles. The number of nitrogens with one attached hydrogen (secondary N) is 2. The van der Waals surface area contributed by atoms with Crippen LogP contribution in [0.25, 0.3) is 0 Å². The highest BCUT2D eigenvalue weighted by molar-refractivity contribution is 5.82. The van der Waals surface area contributed by atoms with Crippen LogP contribution in [0.5, 0.6) is 0 Å². The number of nitrogens with zero attached hydrogens (tertiary/aromatic N) is 4. The molecule has 2 N–H and O–H groups in total. The first-order valence-electron chi connectivity index (χ1n) is 10.8. The van der Waals surface area contributed by atoms with E-state index in [2.05, 4.69) is 25.4 Å². The molecule has 4 rings (SSSR count). The Bertz CT molecular complexity index is 973. The Morgan fingerprint density at radius 1 is 1.03 bits per heavy atom. The van der Waals surface area contributed by atoms with Gasteiger partial charge in [0.05, 0.1) is 12.2 Å². The van der Waals surface area contributed by atoms with Crippen LogP contribution in [0.3, 0.4) is 0 Å². The summed E-state index contributed by atoms with van der Waals surface area (Å²) in [6.07, 6.45) is 0. The molecule has 7 nitrogen and oxygen atoms in total. The molecule has 2 aromatic rings. The molecule has 0 aromatic heterocycles. The molecule has 2 heterocycles. The number of guanidine groups is 1. The minimum Gasteiger partial charge on any atom is -0.366 e. The molecule has 0 spiro atoms. The van der Waals surface area contributed by atoms with E-state index < -0.39 is 11.6 Å². The summed E-state index contributed by atoms with van der Waals surface area (Å²) >= 11 is 0. The van der Waals surface area contributed by atoms with Crippen LogP contribution in [0.2, 0.25) is 0 Å². The summed E-state index contributed by atoms with van der Waals surface area (Å²) in [6.45, 7) is 4.95. The Morgan fingerprint density at radius 3 is 2.47 bits per heavy atom. The van der Waals surface area contributed by atoms with E-state index in [0.29, 0.717) is 51.5 Å². The number of rotatable bonds is 4. The summed E-state index contributed by atoms with van der Waals surface area (Å²) in [5.41, 5.74) is 2.45. The fourth-order valence-corrected chi connectivity index (χ4v) is 4.08. The summed E-state index contributed by atoms with van der Waals surface area (Å²) < 4.78 is 27.6. The minimum absolute atomic E-state index is 0.0472. The number of benzene rings is 2. The Balaban J connectivity index is 1.30. The predicted octanol–water partition coefficient (Wildman–Crippen LogP) is 1.80. The highest BCUT2D eigenvalue weighted by Gasteiger charge is 2.22. The molecule has 0 bridgehead atoms. The highest BCUT2D eigenvalue weighted by Crippen LogP contribution is 2.22. The quantitative estimate of drug-likeness (QED) is 0.559. The van der Waals surface area contributed by atoms with Gasteiger partial charge in [-0.1, -0.05) is 12.1 Å². The predicted molar refractivity (Wildman–Crippen MR) is 122 cm³/mol. The van der Waals surface area contributed by atoms with Crippen LogP contribution in [0.1, 0.15) is 5.56 Å². The van der Waals surface area contributed by atoms with Gasteiger partial charge in [-0.3, -0.25) is 9.79 Å². The molecule has 2 aliphatic heterocycles. The van der Waals surface area contributed by atoms with Gasteiger partial charge in [-0.15, -0.1) is 0 Å². The number of aliphatic imine (C=N–C) groups is 1. The zero-order valence-corrected chi connectivity index (χ0v) is 18.2. The van der Waals surface area contributed by atoms with Crippen LogP contribution in [-0.4, -0.2) is 69.6 Å². The second-order valence-corrected chi connectivity index (χ2v) is 7.91. The van der Waals surface area contributed by atoms with E-state index >= 15 is 0 Å². The third-order valence-electron chi connectivity index (χ3n) is 5.83. The number of carbonyl (C=O) groups excluding carboxylic acids is 1. The number of hydrogen-bond acceptors (Lipinski definition) is 4. The molecular formula is C23H28F2N6O. The average Bonchev–Trinajstić information content (AvgIpc) is 2.82. The SMILES string of the molecule is CN=C(NCc1ccc(N2CCNC(=O)C2)cc1)N1CCN(c2cc(F)ccc2F)CC1. The molecule has 1 amide bonds. The standard InChI is InChI=1S/C23H28F2N6O/c1-26-23(30-12-10-29(11-13-30)21-14-18(24)4-7-20(21)25)28-15-17-2-5-19(6-3-17)31-9-8-27-22(32)16-31/h2-7,14H,8-13,15-16H2,1H3,(H,26,28)(H,27,32). The van der Waals surface area contributed by atoms with E-state index in [9.17, 15) is 13.6 Å². The number of amides is 1. The lowest BCUT2D eigenvalue weighted by molar-refractivity contribution is -0.120. The van der Waals surface area contributed by atoms with Crippen molar-refractivity contribution >= 4 is 23.2 Å². The Morgan fingerprint density at radius 2 is 1.78 bits per heavy atom. The second-order valence-electron chi connectivity index (χ2n) is 7.91. The first-order valence-corrected chi connectivity index (χ1v) is 10.8. The minimum atomic E-state index is -0.434. The monoisotopic (exact) mass is 442 g/mol. The molecule has 2 fully saturated rings. The lowest BCUT2D eigenvalue weighted by Gasteiger charge is -2.37. The topological polar surface area (TPSA) is 63.2 Å². The van der Waals surface area contributed by atoms with Gasteiger partial charge in [0.15, 0.2) is 5.96 Å².